The van der Waals surface area contributed by atoms with Crippen molar-refractivity contribution in [2.24, 2.45) is 7.05 Å². The highest BCUT2D eigenvalue weighted by molar-refractivity contribution is 6.32. The molecule has 0 N–H and O–H groups in total. The molecule has 0 aliphatic rings. The van der Waals surface area contributed by atoms with Crippen LogP contribution in [0.3, 0.4) is 0 Å². The van der Waals surface area contributed by atoms with Crippen molar-refractivity contribution in [2.75, 3.05) is 0 Å². The van der Waals surface area contributed by atoms with Crippen molar-refractivity contribution in [1.82, 2.24) is 9.78 Å². The molecule has 1 aromatic carbocycles. The van der Waals surface area contributed by atoms with E-state index in [0.717, 1.165) is 19.2 Å². The second-order valence-electron chi connectivity index (χ2n) is 4.33. The van der Waals surface area contributed by atoms with Gasteiger partial charge in [-0.25, -0.2) is 0 Å². The minimum Gasteiger partial charge on any atom is -0.436 e. The van der Waals surface area contributed by atoms with Crippen molar-refractivity contribution < 1.29 is 31.1 Å². The second-order valence-corrected chi connectivity index (χ2v) is 5.12. The lowest BCUT2D eigenvalue weighted by Crippen LogP contribution is -2.12. The normalized spacial score (nSPS) is 12.6. The maximum Gasteiger partial charge on any atom is 0.434 e. The maximum atomic E-state index is 12.8. The Morgan fingerprint density at radius 1 is 1.04 bits per heavy atom. The Morgan fingerprint density at radius 2 is 1.65 bits per heavy atom. The van der Waals surface area contributed by atoms with Gasteiger partial charge in [-0.15, -0.1) is 5.10 Å². The number of nitrogens with zero attached hydrogens (tertiary/aromatic N) is 2. The van der Waals surface area contributed by atoms with Crippen molar-refractivity contribution in [3.8, 4) is 11.6 Å². The maximum absolute atomic E-state index is 12.8. The third-order valence-corrected chi connectivity index (χ3v) is 3.34. The first-order chi connectivity index (χ1) is 10.4. The Morgan fingerprint density at radius 3 is 2.09 bits per heavy atom. The molecule has 0 saturated heterocycles. The Bertz CT molecular complexity index is 738. The van der Waals surface area contributed by atoms with E-state index < -0.39 is 39.5 Å². The number of halogens is 8. The molecule has 0 fully saturated rings. The zero-order valence-electron chi connectivity index (χ0n) is 11.1. The summed E-state index contributed by atoms with van der Waals surface area (Å²) in [7, 11) is 1.00. The largest absolute Gasteiger partial charge is 0.436 e. The summed E-state index contributed by atoms with van der Waals surface area (Å²) >= 11 is 11.1. The van der Waals surface area contributed by atoms with E-state index in [0.29, 0.717) is 10.7 Å². The van der Waals surface area contributed by atoms with E-state index in [1.165, 1.54) is 0 Å². The molecule has 0 bridgehead atoms. The fourth-order valence-corrected chi connectivity index (χ4v) is 2.33. The molecule has 0 atom stereocenters. The molecule has 0 saturated carbocycles. The number of aromatic nitrogens is 2. The smallest absolute Gasteiger partial charge is 0.434 e. The predicted molar refractivity (Wildman–Crippen MR) is 69.7 cm³/mol. The average Bonchev–Trinajstić information content (AvgIpc) is 2.62. The highest BCUT2D eigenvalue weighted by Gasteiger charge is 2.39. The van der Waals surface area contributed by atoms with E-state index in [2.05, 4.69) is 5.10 Å². The van der Waals surface area contributed by atoms with Crippen molar-refractivity contribution in [1.29, 1.82) is 0 Å². The molecule has 2 aromatic rings. The molecule has 126 valence electrons. The van der Waals surface area contributed by atoms with Crippen LogP contribution in [0.4, 0.5) is 26.3 Å². The minimum absolute atomic E-state index is 0.239. The molecule has 0 aliphatic heterocycles. The van der Waals surface area contributed by atoms with E-state index in [1.54, 1.807) is 0 Å². The summed E-state index contributed by atoms with van der Waals surface area (Å²) in [5.74, 6) is -0.839. The van der Waals surface area contributed by atoms with Gasteiger partial charge >= 0.3 is 12.4 Å². The molecule has 0 aliphatic carbocycles. The number of aryl methyl sites for hydroxylation is 1. The topological polar surface area (TPSA) is 27.1 Å². The van der Waals surface area contributed by atoms with Crippen molar-refractivity contribution in [3.63, 3.8) is 0 Å². The van der Waals surface area contributed by atoms with Gasteiger partial charge in [0.15, 0.2) is 5.69 Å². The van der Waals surface area contributed by atoms with Crippen LogP contribution in [0.15, 0.2) is 18.2 Å². The van der Waals surface area contributed by atoms with E-state index in [4.69, 9.17) is 27.9 Å². The van der Waals surface area contributed by atoms with Gasteiger partial charge in [-0.05, 0) is 12.1 Å². The number of ether oxygens (including phenoxy) is 1. The van der Waals surface area contributed by atoms with E-state index in [-0.39, 0.29) is 5.75 Å². The fraction of sp³-hybridized carbons (Fsp3) is 0.250. The van der Waals surface area contributed by atoms with Crippen LogP contribution in [0.2, 0.25) is 10.0 Å². The van der Waals surface area contributed by atoms with Gasteiger partial charge in [-0.2, -0.15) is 26.3 Å². The van der Waals surface area contributed by atoms with Gasteiger partial charge in [0, 0.05) is 13.1 Å². The molecular formula is C12H6Cl2F6N2O. The van der Waals surface area contributed by atoms with Crippen molar-refractivity contribution in [2.45, 2.75) is 12.4 Å². The highest BCUT2D eigenvalue weighted by Crippen LogP contribution is 2.41. The van der Waals surface area contributed by atoms with Crippen molar-refractivity contribution >= 4 is 23.2 Å². The van der Waals surface area contributed by atoms with Gasteiger partial charge in [0.1, 0.15) is 10.8 Å². The number of hydrogen-bond donors (Lipinski definition) is 0. The van der Waals surface area contributed by atoms with Crippen LogP contribution in [-0.4, -0.2) is 9.78 Å². The Kier molecular flexibility index (Phi) is 4.46. The summed E-state index contributed by atoms with van der Waals surface area (Å²) in [6.45, 7) is 0. The first kappa shape index (κ1) is 17.7. The molecule has 23 heavy (non-hydrogen) atoms. The summed E-state index contributed by atoms with van der Waals surface area (Å²) in [6, 6.07) is 2.34. The lowest BCUT2D eigenvalue weighted by Gasteiger charge is -2.10. The number of hydrogen-bond acceptors (Lipinski definition) is 2. The summed E-state index contributed by atoms with van der Waals surface area (Å²) in [4.78, 5) is 0. The van der Waals surface area contributed by atoms with Gasteiger partial charge in [0.2, 0.25) is 0 Å². The van der Waals surface area contributed by atoms with Crippen LogP contribution in [0.5, 0.6) is 11.6 Å². The molecule has 1 aromatic heterocycles. The van der Waals surface area contributed by atoms with Crippen LogP contribution in [0, 0.1) is 0 Å². The molecule has 11 heteroatoms. The van der Waals surface area contributed by atoms with E-state index in [9.17, 15) is 26.3 Å². The van der Waals surface area contributed by atoms with Gasteiger partial charge in [0.05, 0.1) is 10.6 Å². The van der Waals surface area contributed by atoms with Gasteiger partial charge in [-0.3, -0.25) is 4.68 Å². The summed E-state index contributed by atoms with van der Waals surface area (Å²) in [5.41, 5.74) is -2.35. The lowest BCUT2D eigenvalue weighted by atomic mass is 10.2. The molecule has 1 heterocycles. The lowest BCUT2D eigenvalue weighted by molar-refractivity contribution is -0.143. The fourth-order valence-electron chi connectivity index (χ4n) is 1.75. The van der Waals surface area contributed by atoms with Crippen LogP contribution in [0.25, 0.3) is 0 Å². The van der Waals surface area contributed by atoms with Crippen LogP contribution in [0.1, 0.15) is 11.3 Å². The first-order valence-electron chi connectivity index (χ1n) is 5.75. The molecule has 0 spiro atoms. The Hall–Kier alpha value is -1.61. The highest BCUT2D eigenvalue weighted by atomic mass is 35.5. The molecule has 0 radical (unpaired) electrons. The Balaban J connectivity index is 2.36. The van der Waals surface area contributed by atoms with Crippen LogP contribution >= 0.6 is 23.2 Å². The molecule has 0 amide bonds. The first-order valence-corrected chi connectivity index (χ1v) is 6.51. The van der Waals surface area contributed by atoms with E-state index >= 15 is 0 Å². The predicted octanol–water partition coefficient (Wildman–Crippen LogP) is 5.56. The average molecular weight is 379 g/mol. The third-order valence-electron chi connectivity index (χ3n) is 2.69. The minimum atomic E-state index is -4.77. The SMILES string of the molecule is Cn1nc(Oc2ccc(C(F)(F)F)c(Cl)c2)c(Cl)c1C(F)(F)F. The standard InChI is InChI=1S/C12H6Cl2F6N2O/c1-22-9(12(18,19)20)8(14)10(21-22)23-5-2-3-6(7(13)4-5)11(15,16)17/h2-4H,1H3. The molecular weight excluding hydrogens is 373 g/mol. The van der Waals surface area contributed by atoms with Crippen molar-refractivity contribution in [3.05, 3.63) is 39.5 Å². The molecule has 0 unspecified atom stereocenters. The number of rotatable bonds is 2. The van der Waals surface area contributed by atoms with Crippen LogP contribution in [-0.2, 0) is 19.4 Å². The zero-order valence-corrected chi connectivity index (χ0v) is 12.6. The zero-order chi connectivity index (χ0) is 17.6. The summed E-state index contributed by atoms with van der Waals surface area (Å²) in [6.07, 6.45) is -9.43. The number of benzene rings is 1. The van der Waals surface area contributed by atoms with Gasteiger partial charge in [-0.1, -0.05) is 23.2 Å². The van der Waals surface area contributed by atoms with Gasteiger partial charge < -0.3 is 4.74 Å². The third kappa shape index (κ3) is 3.66. The van der Waals surface area contributed by atoms with E-state index in [1.807, 2.05) is 0 Å². The summed E-state index contributed by atoms with van der Waals surface area (Å²) < 4.78 is 81.5. The molecule has 3 nitrogen and oxygen atoms in total. The quantitative estimate of drug-likeness (QED) is 0.640. The number of alkyl halides is 6. The molecule has 2 rings (SSSR count). The summed E-state index contributed by atoms with van der Waals surface area (Å²) in [5, 5.41) is 1.97. The van der Waals surface area contributed by atoms with Crippen LogP contribution < -0.4 is 4.74 Å². The monoisotopic (exact) mass is 378 g/mol. The van der Waals surface area contributed by atoms with Gasteiger partial charge in [0.25, 0.3) is 5.88 Å². The second kappa shape index (κ2) is 5.79. The Labute approximate surface area is 135 Å².